The van der Waals surface area contributed by atoms with E-state index < -0.39 is 6.16 Å². The van der Waals surface area contributed by atoms with E-state index in [1.165, 1.54) is 62.5 Å². The molecule has 0 fully saturated rings. The first kappa shape index (κ1) is 27.0. The minimum Gasteiger partial charge on any atom is -0.450 e. The Hall–Kier alpha value is -2.29. The molecule has 0 bridgehead atoms. The van der Waals surface area contributed by atoms with Gasteiger partial charge in [0.25, 0.3) is 0 Å². The van der Waals surface area contributed by atoms with Gasteiger partial charge in [0.05, 0.1) is 6.61 Å². The molecule has 3 nitrogen and oxygen atoms in total. The zero-order chi connectivity index (χ0) is 23.7. The van der Waals surface area contributed by atoms with Crippen LogP contribution in [-0.2, 0) is 17.6 Å². The number of aryl methyl sites for hydroxylation is 1. The Balaban J connectivity index is 2.18. The Morgan fingerprint density at radius 3 is 2.18 bits per heavy atom. The summed E-state index contributed by atoms with van der Waals surface area (Å²) in [5, 5.41) is 8.61. The molecule has 0 aliphatic carbocycles. The lowest BCUT2D eigenvalue weighted by Gasteiger charge is -2.24. The average molecular weight is 453 g/mol. The van der Waals surface area contributed by atoms with E-state index in [1.807, 2.05) is 0 Å². The van der Waals surface area contributed by atoms with Gasteiger partial charge in [0, 0.05) is 5.92 Å². The highest BCUT2D eigenvalue weighted by atomic mass is 16.7. The van der Waals surface area contributed by atoms with E-state index in [1.54, 1.807) is 11.1 Å². The summed E-state index contributed by atoms with van der Waals surface area (Å²) >= 11 is 0. The summed E-state index contributed by atoms with van der Waals surface area (Å²) in [7, 11) is 0. The van der Waals surface area contributed by atoms with Crippen LogP contribution >= 0.6 is 0 Å². The number of hydrogen-bond donors (Lipinski definition) is 1. The van der Waals surface area contributed by atoms with E-state index in [-0.39, 0.29) is 0 Å². The third-order valence-electron chi connectivity index (χ3n) is 6.58. The van der Waals surface area contributed by atoms with E-state index in [0.717, 1.165) is 32.1 Å². The molecular weight excluding hydrogens is 408 g/mol. The molecule has 0 heterocycles. The SMILES string of the molecule is CCCCCc1cccc(C(CCCCCCOC(=O)O)c2ccccc2)c1CCCCC. The van der Waals surface area contributed by atoms with Gasteiger partial charge >= 0.3 is 6.16 Å². The predicted molar refractivity (Wildman–Crippen MR) is 138 cm³/mol. The molecule has 1 N–H and O–H groups in total. The number of unbranched alkanes of at least 4 members (excludes halogenated alkanes) is 7. The predicted octanol–water partition coefficient (Wildman–Crippen LogP) is 8.93. The van der Waals surface area contributed by atoms with Gasteiger partial charge in [0.15, 0.2) is 0 Å². The molecule has 2 aromatic carbocycles. The van der Waals surface area contributed by atoms with Crippen molar-refractivity contribution in [1.82, 2.24) is 0 Å². The monoisotopic (exact) mass is 452 g/mol. The Morgan fingerprint density at radius 2 is 1.48 bits per heavy atom. The summed E-state index contributed by atoms with van der Waals surface area (Å²) in [4.78, 5) is 10.5. The third-order valence-corrected chi connectivity index (χ3v) is 6.58. The number of benzene rings is 2. The lowest BCUT2D eigenvalue weighted by molar-refractivity contribution is 0.0899. The van der Waals surface area contributed by atoms with Gasteiger partial charge in [-0.3, -0.25) is 0 Å². The fraction of sp³-hybridized carbons (Fsp3) is 0.567. The summed E-state index contributed by atoms with van der Waals surface area (Å²) in [6, 6.07) is 18.0. The van der Waals surface area contributed by atoms with Crippen LogP contribution in [0.25, 0.3) is 0 Å². The number of hydrogen-bond acceptors (Lipinski definition) is 2. The molecule has 2 aromatic rings. The maximum Gasteiger partial charge on any atom is 0.505 e. The highest BCUT2D eigenvalue weighted by molar-refractivity contribution is 5.56. The number of ether oxygens (including phenoxy) is 1. The lowest BCUT2D eigenvalue weighted by atomic mass is 9.81. The summed E-state index contributed by atoms with van der Waals surface area (Å²) in [6.45, 7) is 4.86. The lowest BCUT2D eigenvalue weighted by Crippen LogP contribution is -2.08. The van der Waals surface area contributed by atoms with Crippen molar-refractivity contribution in [2.45, 2.75) is 103 Å². The van der Waals surface area contributed by atoms with Crippen molar-refractivity contribution in [3.63, 3.8) is 0 Å². The summed E-state index contributed by atoms with van der Waals surface area (Å²) < 4.78 is 4.64. The van der Waals surface area contributed by atoms with E-state index >= 15 is 0 Å². The standard InChI is InChI=1S/C30H44O3/c1-3-5-10-17-26-20-16-23-29(27(26)21-11-6-4-2)28(25-18-12-9-13-19-25)22-14-7-8-15-24-33-30(31)32/h9,12-13,16,18-20,23,28H,3-8,10-11,14-15,17,21-22,24H2,1-2H3,(H,31,32). The van der Waals surface area contributed by atoms with Crippen molar-refractivity contribution >= 4 is 6.16 Å². The molecule has 0 radical (unpaired) electrons. The van der Waals surface area contributed by atoms with Crippen molar-refractivity contribution in [1.29, 1.82) is 0 Å². The molecule has 0 amide bonds. The molecule has 0 aromatic heterocycles. The molecule has 33 heavy (non-hydrogen) atoms. The molecule has 0 spiro atoms. The van der Waals surface area contributed by atoms with Crippen LogP contribution in [0.5, 0.6) is 0 Å². The molecule has 0 aliphatic heterocycles. The highest BCUT2D eigenvalue weighted by Gasteiger charge is 2.19. The Bertz CT molecular complexity index is 784. The zero-order valence-corrected chi connectivity index (χ0v) is 20.9. The second-order valence-electron chi connectivity index (χ2n) is 9.18. The minimum absolute atomic E-state index is 0.304. The van der Waals surface area contributed by atoms with E-state index in [9.17, 15) is 4.79 Å². The van der Waals surface area contributed by atoms with Crippen LogP contribution in [0, 0.1) is 0 Å². The molecule has 1 atom stereocenters. The van der Waals surface area contributed by atoms with Crippen molar-refractivity contribution in [3.8, 4) is 0 Å². The summed E-state index contributed by atoms with van der Waals surface area (Å²) in [5.41, 5.74) is 6.10. The molecule has 0 saturated heterocycles. The Kier molecular flexibility index (Phi) is 13.4. The maximum atomic E-state index is 10.5. The van der Waals surface area contributed by atoms with Gasteiger partial charge in [0.1, 0.15) is 0 Å². The Morgan fingerprint density at radius 1 is 0.788 bits per heavy atom. The fourth-order valence-corrected chi connectivity index (χ4v) is 4.79. The molecule has 182 valence electrons. The first-order chi connectivity index (χ1) is 16.2. The molecule has 0 saturated carbocycles. The molecular formula is C30H44O3. The summed E-state index contributed by atoms with van der Waals surface area (Å²) in [5.74, 6) is 0.421. The van der Waals surface area contributed by atoms with Crippen molar-refractivity contribution in [2.75, 3.05) is 6.61 Å². The topological polar surface area (TPSA) is 46.5 Å². The largest absolute Gasteiger partial charge is 0.505 e. The van der Waals surface area contributed by atoms with Gasteiger partial charge in [-0.05, 0) is 60.8 Å². The number of carboxylic acid groups (broad SMARTS) is 1. The quantitative estimate of drug-likeness (QED) is 0.192. The van der Waals surface area contributed by atoms with Gasteiger partial charge in [-0.1, -0.05) is 107 Å². The van der Waals surface area contributed by atoms with Crippen molar-refractivity contribution in [3.05, 3.63) is 70.8 Å². The zero-order valence-electron chi connectivity index (χ0n) is 20.9. The third kappa shape index (κ3) is 10.0. The van der Waals surface area contributed by atoms with Gasteiger partial charge in [-0.2, -0.15) is 0 Å². The minimum atomic E-state index is -1.17. The van der Waals surface area contributed by atoms with Crippen LogP contribution in [0.3, 0.4) is 0 Å². The maximum absolute atomic E-state index is 10.5. The van der Waals surface area contributed by atoms with E-state index in [4.69, 9.17) is 5.11 Å². The highest BCUT2D eigenvalue weighted by Crippen LogP contribution is 2.35. The van der Waals surface area contributed by atoms with Crippen molar-refractivity contribution < 1.29 is 14.6 Å². The van der Waals surface area contributed by atoms with Gasteiger partial charge < -0.3 is 9.84 Å². The molecule has 3 heteroatoms. The average Bonchev–Trinajstić information content (AvgIpc) is 2.82. The van der Waals surface area contributed by atoms with Crippen LogP contribution < -0.4 is 0 Å². The Labute approximate surface area is 201 Å². The van der Waals surface area contributed by atoms with Gasteiger partial charge in [-0.15, -0.1) is 0 Å². The second kappa shape index (κ2) is 16.3. The molecule has 0 aliphatic rings. The second-order valence-corrected chi connectivity index (χ2v) is 9.18. The first-order valence-corrected chi connectivity index (χ1v) is 13.2. The number of carbonyl (C=O) groups is 1. The van der Waals surface area contributed by atoms with Crippen LogP contribution in [-0.4, -0.2) is 17.9 Å². The van der Waals surface area contributed by atoms with E-state index in [0.29, 0.717) is 12.5 Å². The molecule has 2 rings (SSSR count). The number of rotatable bonds is 17. The van der Waals surface area contributed by atoms with Gasteiger partial charge in [-0.25, -0.2) is 4.79 Å². The normalized spacial score (nSPS) is 11.9. The molecule has 1 unspecified atom stereocenters. The van der Waals surface area contributed by atoms with Crippen LogP contribution in [0.4, 0.5) is 4.79 Å². The smallest absolute Gasteiger partial charge is 0.450 e. The van der Waals surface area contributed by atoms with E-state index in [2.05, 4.69) is 67.1 Å². The van der Waals surface area contributed by atoms with Crippen LogP contribution in [0.1, 0.15) is 113 Å². The van der Waals surface area contributed by atoms with Crippen molar-refractivity contribution in [2.24, 2.45) is 0 Å². The fourth-order valence-electron chi connectivity index (χ4n) is 4.79. The first-order valence-electron chi connectivity index (χ1n) is 13.2. The van der Waals surface area contributed by atoms with Gasteiger partial charge in [0.2, 0.25) is 0 Å². The van der Waals surface area contributed by atoms with Crippen LogP contribution in [0.2, 0.25) is 0 Å². The summed E-state index contributed by atoms with van der Waals surface area (Å²) in [6.07, 6.45) is 14.0. The van der Waals surface area contributed by atoms with Crippen LogP contribution in [0.15, 0.2) is 48.5 Å².